The number of carbonyl (C=O) groups excluding carboxylic acids is 1. The summed E-state index contributed by atoms with van der Waals surface area (Å²) < 4.78 is 0. The summed E-state index contributed by atoms with van der Waals surface area (Å²) in [4.78, 5) is 13.7. The molecule has 1 saturated carbocycles. The molecule has 2 rings (SSSR count). The van der Waals surface area contributed by atoms with Crippen molar-refractivity contribution in [2.45, 2.75) is 30.6 Å². The first-order valence-electron chi connectivity index (χ1n) is 4.75. The predicted octanol–water partition coefficient (Wildman–Crippen LogP) is 0.660. The average molecular weight is 200 g/mol. The number of rotatable bonds is 3. The van der Waals surface area contributed by atoms with Gasteiger partial charge in [0.15, 0.2) is 0 Å². The van der Waals surface area contributed by atoms with Crippen molar-refractivity contribution in [3.8, 4) is 0 Å². The molecule has 1 atom stereocenters. The van der Waals surface area contributed by atoms with Crippen LogP contribution in [0.25, 0.3) is 0 Å². The topological polar surface area (TPSA) is 32.3 Å². The van der Waals surface area contributed by atoms with Gasteiger partial charge < -0.3 is 4.90 Å². The molecule has 13 heavy (non-hydrogen) atoms. The van der Waals surface area contributed by atoms with Gasteiger partial charge in [-0.15, -0.1) is 0 Å². The summed E-state index contributed by atoms with van der Waals surface area (Å²) in [5, 5.41) is 3.84. The Labute approximate surface area is 83.2 Å². The fourth-order valence-corrected chi connectivity index (χ4v) is 2.07. The quantitative estimate of drug-likeness (QED) is 0.726. The Morgan fingerprint density at radius 1 is 1.69 bits per heavy atom. The number of amides is 1. The number of thioether (sulfide) groups is 1. The maximum atomic E-state index is 11.8. The Morgan fingerprint density at radius 3 is 2.85 bits per heavy atom. The van der Waals surface area contributed by atoms with Gasteiger partial charge in [-0.05, 0) is 19.1 Å². The molecule has 2 aliphatic rings. The molecule has 0 aromatic heterocycles. The Hall–Kier alpha value is -0.220. The molecule has 1 N–H and O–H groups in total. The maximum Gasteiger partial charge on any atom is 0.243 e. The lowest BCUT2D eigenvalue weighted by molar-refractivity contribution is -0.129. The SMILES string of the molecule is CSC(C)CN1CNC2(CC2)C1=O. The van der Waals surface area contributed by atoms with Gasteiger partial charge in [0.25, 0.3) is 0 Å². The van der Waals surface area contributed by atoms with E-state index in [-0.39, 0.29) is 5.54 Å². The molecule has 74 valence electrons. The van der Waals surface area contributed by atoms with Crippen molar-refractivity contribution in [3.63, 3.8) is 0 Å². The van der Waals surface area contributed by atoms with Crippen LogP contribution in [0.3, 0.4) is 0 Å². The highest BCUT2D eigenvalue weighted by atomic mass is 32.2. The fraction of sp³-hybridized carbons (Fsp3) is 0.889. The van der Waals surface area contributed by atoms with Gasteiger partial charge in [-0.1, -0.05) is 6.92 Å². The molecule has 3 nitrogen and oxygen atoms in total. The highest BCUT2D eigenvalue weighted by Crippen LogP contribution is 2.40. The van der Waals surface area contributed by atoms with E-state index >= 15 is 0 Å². The van der Waals surface area contributed by atoms with Crippen molar-refractivity contribution in [1.29, 1.82) is 0 Å². The summed E-state index contributed by atoms with van der Waals surface area (Å²) in [7, 11) is 0. The Morgan fingerprint density at radius 2 is 2.38 bits per heavy atom. The van der Waals surface area contributed by atoms with Gasteiger partial charge in [-0.2, -0.15) is 11.8 Å². The van der Waals surface area contributed by atoms with E-state index in [0.717, 1.165) is 26.1 Å². The van der Waals surface area contributed by atoms with Crippen LogP contribution in [0.1, 0.15) is 19.8 Å². The second-order valence-corrected chi connectivity index (χ2v) is 5.27. The third kappa shape index (κ3) is 1.57. The number of hydrogen-bond donors (Lipinski definition) is 1. The second kappa shape index (κ2) is 3.17. The molecule has 0 aromatic carbocycles. The van der Waals surface area contributed by atoms with Crippen LogP contribution in [0, 0.1) is 0 Å². The van der Waals surface area contributed by atoms with E-state index in [9.17, 15) is 4.79 Å². The van der Waals surface area contributed by atoms with Gasteiger partial charge in [0.2, 0.25) is 5.91 Å². The van der Waals surface area contributed by atoms with Crippen molar-refractivity contribution >= 4 is 17.7 Å². The van der Waals surface area contributed by atoms with E-state index in [4.69, 9.17) is 0 Å². The summed E-state index contributed by atoms with van der Waals surface area (Å²) in [5.74, 6) is 0.327. The van der Waals surface area contributed by atoms with E-state index < -0.39 is 0 Å². The molecular formula is C9H16N2OS. The Balaban J connectivity index is 1.92. The van der Waals surface area contributed by atoms with E-state index in [2.05, 4.69) is 18.5 Å². The normalized spacial score (nSPS) is 26.9. The average Bonchev–Trinajstić information content (AvgIpc) is 2.85. The molecule has 0 radical (unpaired) electrons. The first-order chi connectivity index (χ1) is 6.18. The van der Waals surface area contributed by atoms with Crippen molar-refractivity contribution in [2.75, 3.05) is 19.5 Å². The van der Waals surface area contributed by atoms with E-state index in [1.165, 1.54) is 0 Å². The highest BCUT2D eigenvalue weighted by molar-refractivity contribution is 7.99. The number of nitrogens with one attached hydrogen (secondary N) is 1. The molecule has 1 heterocycles. The van der Waals surface area contributed by atoms with Gasteiger partial charge in [0.05, 0.1) is 12.2 Å². The largest absolute Gasteiger partial charge is 0.327 e. The van der Waals surface area contributed by atoms with Crippen molar-refractivity contribution in [1.82, 2.24) is 10.2 Å². The molecule has 0 bridgehead atoms. The lowest BCUT2D eigenvalue weighted by atomic mass is 10.2. The number of nitrogens with zero attached hydrogens (tertiary/aromatic N) is 1. The molecular weight excluding hydrogens is 184 g/mol. The summed E-state index contributed by atoms with van der Waals surface area (Å²) >= 11 is 1.81. The lowest BCUT2D eigenvalue weighted by Gasteiger charge is -2.18. The third-order valence-corrected chi connectivity index (χ3v) is 3.89. The molecule has 1 saturated heterocycles. The zero-order valence-corrected chi connectivity index (χ0v) is 8.99. The van der Waals surface area contributed by atoms with Crippen LogP contribution in [-0.4, -0.2) is 41.1 Å². The standard InChI is InChI=1S/C9H16N2OS/c1-7(13-2)5-11-6-10-9(3-4-9)8(11)12/h7,10H,3-6H2,1-2H3. The minimum absolute atomic E-state index is 0.113. The third-order valence-electron chi connectivity index (χ3n) is 2.93. The zero-order valence-electron chi connectivity index (χ0n) is 8.17. The fourth-order valence-electron chi connectivity index (χ4n) is 1.74. The molecule has 1 aliphatic heterocycles. The zero-order chi connectivity index (χ0) is 9.47. The van der Waals surface area contributed by atoms with Gasteiger partial charge in [-0.3, -0.25) is 10.1 Å². The second-order valence-electron chi connectivity index (χ2n) is 3.99. The lowest BCUT2D eigenvalue weighted by Crippen LogP contribution is -2.35. The van der Waals surface area contributed by atoms with Gasteiger partial charge in [-0.25, -0.2) is 0 Å². The van der Waals surface area contributed by atoms with Crippen molar-refractivity contribution in [3.05, 3.63) is 0 Å². The first kappa shape index (κ1) is 9.34. The van der Waals surface area contributed by atoms with E-state index in [1.54, 1.807) is 0 Å². The maximum absolute atomic E-state index is 11.8. The number of hydrogen-bond acceptors (Lipinski definition) is 3. The smallest absolute Gasteiger partial charge is 0.243 e. The predicted molar refractivity (Wildman–Crippen MR) is 54.7 cm³/mol. The Kier molecular flexibility index (Phi) is 2.28. The van der Waals surface area contributed by atoms with Gasteiger partial charge in [0.1, 0.15) is 0 Å². The monoisotopic (exact) mass is 200 g/mol. The highest BCUT2D eigenvalue weighted by Gasteiger charge is 2.55. The van der Waals surface area contributed by atoms with Gasteiger partial charge >= 0.3 is 0 Å². The number of carbonyl (C=O) groups is 1. The summed E-state index contributed by atoms with van der Waals surface area (Å²) in [5.41, 5.74) is -0.113. The van der Waals surface area contributed by atoms with Crippen LogP contribution in [0.5, 0.6) is 0 Å². The van der Waals surface area contributed by atoms with Crippen molar-refractivity contribution < 1.29 is 4.79 Å². The molecule has 1 aliphatic carbocycles. The van der Waals surface area contributed by atoms with Crippen LogP contribution in [0.2, 0.25) is 0 Å². The molecule has 2 fully saturated rings. The molecule has 1 amide bonds. The minimum Gasteiger partial charge on any atom is -0.327 e. The summed E-state index contributed by atoms with van der Waals surface area (Å²) in [6, 6.07) is 0. The first-order valence-corrected chi connectivity index (χ1v) is 6.04. The van der Waals surface area contributed by atoms with Crippen LogP contribution in [0.15, 0.2) is 0 Å². The molecule has 4 heteroatoms. The van der Waals surface area contributed by atoms with Crippen LogP contribution >= 0.6 is 11.8 Å². The summed E-state index contributed by atoms with van der Waals surface area (Å²) in [6.07, 6.45) is 4.16. The Bertz CT molecular complexity index is 228. The molecule has 0 aromatic rings. The van der Waals surface area contributed by atoms with Crippen LogP contribution in [0.4, 0.5) is 0 Å². The summed E-state index contributed by atoms with van der Waals surface area (Å²) in [6.45, 7) is 3.80. The van der Waals surface area contributed by atoms with Crippen LogP contribution < -0.4 is 5.32 Å². The van der Waals surface area contributed by atoms with Crippen LogP contribution in [-0.2, 0) is 4.79 Å². The molecule has 1 unspecified atom stereocenters. The van der Waals surface area contributed by atoms with E-state index in [1.807, 2.05) is 16.7 Å². The van der Waals surface area contributed by atoms with Crippen molar-refractivity contribution in [2.24, 2.45) is 0 Å². The van der Waals surface area contributed by atoms with Gasteiger partial charge in [0, 0.05) is 11.8 Å². The molecule has 1 spiro atoms. The van der Waals surface area contributed by atoms with E-state index in [0.29, 0.717) is 11.2 Å². The minimum atomic E-state index is -0.113.